The highest BCUT2D eigenvalue weighted by atomic mass is 16.5. The van der Waals surface area contributed by atoms with Crippen molar-refractivity contribution in [1.29, 1.82) is 0 Å². The monoisotopic (exact) mass is 377 g/mol. The van der Waals surface area contributed by atoms with E-state index in [0.29, 0.717) is 17.5 Å². The average molecular weight is 377 g/mol. The van der Waals surface area contributed by atoms with Gasteiger partial charge in [0, 0.05) is 18.5 Å². The van der Waals surface area contributed by atoms with Gasteiger partial charge in [-0.1, -0.05) is 48.5 Å². The molecule has 5 nitrogen and oxygen atoms in total. The molecule has 2 aliphatic heterocycles. The van der Waals surface area contributed by atoms with E-state index in [1.807, 2.05) is 29.2 Å². The zero-order valence-electron chi connectivity index (χ0n) is 15.8. The topological polar surface area (TPSA) is 63.7 Å². The van der Waals surface area contributed by atoms with Gasteiger partial charge in [-0.05, 0) is 31.4 Å². The van der Waals surface area contributed by atoms with E-state index in [1.165, 1.54) is 0 Å². The second kappa shape index (κ2) is 7.58. The Bertz CT molecular complexity index is 880. The maximum atomic E-state index is 13.2. The van der Waals surface area contributed by atoms with Gasteiger partial charge in [0.2, 0.25) is 5.91 Å². The Morgan fingerprint density at radius 3 is 2.11 bits per heavy atom. The number of carbonyl (C=O) groups is 3. The van der Waals surface area contributed by atoms with Crippen LogP contribution in [0.3, 0.4) is 0 Å². The number of fused-ring (bicyclic) bond motifs is 2. The summed E-state index contributed by atoms with van der Waals surface area (Å²) in [6.45, 7) is 1.54. The van der Waals surface area contributed by atoms with Gasteiger partial charge in [0.05, 0.1) is 17.5 Å². The fourth-order valence-corrected chi connectivity index (χ4v) is 4.65. The lowest BCUT2D eigenvalue weighted by atomic mass is 9.82. The van der Waals surface area contributed by atoms with E-state index in [2.05, 4.69) is 0 Å². The van der Waals surface area contributed by atoms with Crippen LogP contribution in [0.25, 0.3) is 0 Å². The maximum Gasteiger partial charge on any atom is 0.338 e. The van der Waals surface area contributed by atoms with Crippen LogP contribution in [0.2, 0.25) is 0 Å². The number of hydrogen-bond acceptors (Lipinski definition) is 4. The molecular formula is C23H23NO4. The maximum absolute atomic E-state index is 13.2. The van der Waals surface area contributed by atoms with Crippen molar-refractivity contribution in [2.24, 2.45) is 5.92 Å². The number of Topliss-reactive ketones (excluding diaryl/α,β-unsaturated/α-hetero) is 1. The fourth-order valence-electron chi connectivity index (χ4n) is 4.65. The van der Waals surface area contributed by atoms with E-state index < -0.39 is 18.0 Å². The molecule has 2 saturated heterocycles. The minimum absolute atomic E-state index is 0.0217. The van der Waals surface area contributed by atoms with E-state index in [9.17, 15) is 14.4 Å². The Morgan fingerprint density at radius 2 is 1.50 bits per heavy atom. The predicted octanol–water partition coefficient (Wildman–Crippen LogP) is 3.49. The van der Waals surface area contributed by atoms with Crippen LogP contribution in [-0.2, 0) is 9.53 Å². The largest absolute Gasteiger partial charge is 0.456 e. The molecule has 2 aromatic rings. The second-order valence-electron chi connectivity index (χ2n) is 7.53. The van der Waals surface area contributed by atoms with Gasteiger partial charge < -0.3 is 9.64 Å². The number of nitrogens with zero attached hydrogens (tertiary/aromatic N) is 1. The number of benzene rings is 2. The van der Waals surface area contributed by atoms with Crippen LogP contribution in [-0.4, -0.2) is 40.7 Å². The van der Waals surface area contributed by atoms with Gasteiger partial charge in [0.25, 0.3) is 0 Å². The molecule has 0 unspecified atom stereocenters. The molecule has 2 aromatic carbocycles. The van der Waals surface area contributed by atoms with Gasteiger partial charge in [-0.15, -0.1) is 0 Å². The van der Waals surface area contributed by atoms with Crippen molar-refractivity contribution in [3.63, 3.8) is 0 Å². The summed E-state index contributed by atoms with van der Waals surface area (Å²) >= 11 is 0. The predicted molar refractivity (Wildman–Crippen MR) is 104 cm³/mol. The minimum atomic E-state index is -0.636. The second-order valence-corrected chi connectivity index (χ2v) is 7.53. The van der Waals surface area contributed by atoms with Crippen LogP contribution in [0.15, 0.2) is 60.7 Å². The van der Waals surface area contributed by atoms with Crippen LogP contribution < -0.4 is 0 Å². The van der Waals surface area contributed by atoms with E-state index in [4.69, 9.17) is 4.74 Å². The molecule has 0 radical (unpaired) electrons. The number of amides is 1. The summed E-state index contributed by atoms with van der Waals surface area (Å²) in [6.07, 6.45) is 1.47. The number of ether oxygens (including phenoxy) is 1. The summed E-state index contributed by atoms with van der Waals surface area (Å²) in [5.74, 6) is -0.945. The molecule has 4 atom stereocenters. The van der Waals surface area contributed by atoms with Gasteiger partial charge in [-0.25, -0.2) is 4.79 Å². The van der Waals surface area contributed by atoms with Crippen molar-refractivity contribution in [2.45, 2.75) is 44.4 Å². The highest BCUT2D eigenvalue weighted by Crippen LogP contribution is 2.42. The number of ketones is 1. The van der Waals surface area contributed by atoms with Crippen molar-refractivity contribution in [2.75, 3.05) is 0 Å². The van der Waals surface area contributed by atoms with Crippen molar-refractivity contribution >= 4 is 17.7 Å². The summed E-state index contributed by atoms with van der Waals surface area (Å²) in [7, 11) is 0. The number of piperidine rings is 1. The average Bonchev–Trinajstić information content (AvgIpc) is 3.07. The molecule has 0 saturated carbocycles. The molecule has 1 amide bonds. The number of rotatable bonds is 4. The summed E-state index contributed by atoms with van der Waals surface area (Å²) in [4.78, 5) is 40.0. The third-order valence-electron chi connectivity index (χ3n) is 5.86. The van der Waals surface area contributed by atoms with Crippen molar-refractivity contribution in [3.8, 4) is 0 Å². The zero-order valence-corrected chi connectivity index (χ0v) is 15.8. The van der Waals surface area contributed by atoms with Crippen LogP contribution in [0, 0.1) is 5.92 Å². The molecule has 2 bridgehead atoms. The Labute approximate surface area is 164 Å². The Kier molecular flexibility index (Phi) is 4.99. The lowest BCUT2D eigenvalue weighted by molar-refractivity contribution is -0.138. The molecule has 144 valence electrons. The number of hydrogen-bond donors (Lipinski definition) is 0. The van der Waals surface area contributed by atoms with Gasteiger partial charge in [0.1, 0.15) is 6.10 Å². The van der Waals surface area contributed by atoms with Gasteiger partial charge in [-0.3, -0.25) is 9.59 Å². The molecule has 28 heavy (non-hydrogen) atoms. The van der Waals surface area contributed by atoms with Gasteiger partial charge >= 0.3 is 5.97 Å². The number of esters is 1. The smallest absolute Gasteiger partial charge is 0.338 e. The minimum Gasteiger partial charge on any atom is -0.456 e. The third kappa shape index (κ3) is 3.33. The van der Waals surface area contributed by atoms with Crippen molar-refractivity contribution < 1.29 is 19.1 Å². The molecular weight excluding hydrogens is 354 g/mol. The fraction of sp³-hybridized carbons (Fsp3) is 0.348. The van der Waals surface area contributed by atoms with E-state index in [-0.39, 0.29) is 23.8 Å². The molecule has 4 rings (SSSR count). The first-order valence-electron chi connectivity index (χ1n) is 9.70. The van der Waals surface area contributed by atoms with E-state index in [0.717, 1.165) is 12.8 Å². The normalized spacial score (nSPS) is 26.0. The van der Waals surface area contributed by atoms with Gasteiger partial charge in [0.15, 0.2) is 5.78 Å². The molecule has 2 aliphatic rings. The first-order valence-corrected chi connectivity index (χ1v) is 9.70. The van der Waals surface area contributed by atoms with Crippen LogP contribution in [0.5, 0.6) is 0 Å². The molecule has 0 spiro atoms. The van der Waals surface area contributed by atoms with Crippen molar-refractivity contribution in [1.82, 2.24) is 4.90 Å². The highest BCUT2D eigenvalue weighted by Gasteiger charge is 2.52. The summed E-state index contributed by atoms with van der Waals surface area (Å²) < 4.78 is 5.89. The first kappa shape index (κ1) is 18.4. The number of carbonyl (C=O) groups excluding carboxylic acids is 3. The summed E-state index contributed by atoms with van der Waals surface area (Å²) in [5.41, 5.74) is 1.06. The molecule has 2 fully saturated rings. The lowest BCUT2D eigenvalue weighted by Crippen LogP contribution is -2.56. The SMILES string of the molecule is CC(=O)N1[C@@H]2CC[C@H]1[C@H](OC(=O)c1ccccc1)[C@H](C(=O)c1ccccc1)C2. The summed E-state index contributed by atoms with van der Waals surface area (Å²) in [5, 5.41) is 0. The van der Waals surface area contributed by atoms with E-state index in [1.54, 1.807) is 43.3 Å². The first-order chi connectivity index (χ1) is 13.6. The zero-order chi connectivity index (χ0) is 19.7. The molecule has 0 aliphatic carbocycles. The quantitative estimate of drug-likeness (QED) is 0.604. The molecule has 5 heteroatoms. The molecule has 0 aromatic heterocycles. The molecule has 2 heterocycles. The van der Waals surface area contributed by atoms with Crippen molar-refractivity contribution in [3.05, 3.63) is 71.8 Å². The Hall–Kier alpha value is -2.95. The molecule has 0 N–H and O–H groups in total. The summed E-state index contributed by atoms with van der Waals surface area (Å²) in [6, 6.07) is 17.7. The highest BCUT2D eigenvalue weighted by molar-refractivity contribution is 5.99. The Morgan fingerprint density at radius 1 is 0.893 bits per heavy atom. The van der Waals surface area contributed by atoms with Crippen LogP contribution in [0.4, 0.5) is 0 Å². The standard InChI is InChI=1S/C23H23NO4/c1-15(25)24-18-12-13-20(24)22(28-23(27)17-10-6-3-7-11-17)19(14-18)21(26)16-8-4-2-5-9-16/h2-11,18-20,22H,12-14H2,1H3/t18-,19+,20+,22-/m1/s1. The Balaban J connectivity index is 1.65. The van der Waals surface area contributed by atoms with Crippen LogP contribution >= 0.6 is 0 Å². The van der Waals surface area contributed by atoms with Crippen LogP contribution in [0.1, 0.15) is 46.9 Å². The van der Waals surface area contributed by atoms with Gasteiger partial charge in [-0.2, -0.15) is 0 Å². The van der Waals surface area contributed by atoms with E-state index >= 15 is 0 Å². The lowest BCUT2D eigenvalue weighted by Gasteiger charge is -2.43. The third-order valence-corrected chi connectivity index (χ3v) is 5.86.